The van der Waals surface area contributed by atoms with Gasteiger partial charge in [-0.15, -0.1) is 0 Å². The van der Waals surface area contributed by atoms with Crippen molar-refractivity contribution in [2.24, 2.45) is 0 Å². The lowest BCUT2D eigenvalue weighted by molar-refractivity contribution is 0.102. The van der Waals surface area contributed by atoms with Crippen LogP contribution in [0.3, 0.4) is 0 Å². The molecule has 0 radical (unpaired) electrons. The van der Waals surface area contributed by atoms with Crippen molar-refractivity contribution in [3.8, 4) is 23.0 Å². The third kappa shape index (κ3) is 3.45. The lowest BCUT2D eigenvalue weighted by Crippen LogP contribution is -2.15. The predicted octanol–water partition coefficient (Wildman–Crippen LogP) is 3.24. The Morgan fingerprint density at radius 1 is 0.828 bits per heavy atom. The fraction of sp³-hybridized carbons (Fsp3) is 0.150. The number of carbonyl (C=O) groups is 1. The summed E-state index contributed by atoms with van der Waals surface area (Å²) in [6.45, 7) is 2.17. The molecule has 0 aliphatic carbocycles. The maximum Gasteiger partial charge on any atom is 0.274 e. The first-order chi connectivity index (χ1) is 14.1. The maximum atomic E-state index is 12.7. The Bertz CT molecular complexity index is 1120. The summed E-state index contributed by atoms with van der Waals surface area (Å²) < 4.78 is 21.3. The molecule has 29 heavy (non-hydrogen) atoms. The fourth-order valence-corrected chi connectivity index (χ4v) is 3.01. The molecule has 3 aromatic rings. The largest absolute Gasteiger partial charge is 0.454 e. The Hall–Kier alpha value is -4.01. The molecule has 2 aromatic carbocycles. The van der Waals surface area contributed by atoms with Gasteiger partial charge in [0.25, 0.3) is 5.91 Å². The van der Waals surface area contributed by atoms with Crippen LogP contribution in [0.5, 0.6) is 23.0 Å². The first-order valence-corrected chi connectivity index (χ1v) is 8.87. The summed E-state index contributed by atoms with van der Waals surface area (Å²) in [4.78, 5) is 21.4. The molecule has 0 fully saturated rings. The van der Waals surface area contributed by atoms with E-state index in [0.717, 1.165) is 5.69 Å². The topological polar surface area (TPSA) is 104 Å². The van der Waals surface area contributed by atoms with E-state index in [0.29, 0.717) is 40.3 Å². The SMILES string of the molecule is Cc1cc(C(=O)Nc2ccc3c(c2)OCO3)nc(Nc2ccc3c(c2)OCO3)n1. The number of hydrogen-bond donors (Lipinski definition) is 2. The number of ether oxygens (including phenoxy) is 4. The fourth-order valence-electron chi connectivity index (χ4n) is 3.01. The molecule has 0 atom stereocenters. The Labute approximate surface area is 165 Å². The summed E-state index contributed by atoms with van der Waals surface area (Å²) in [6.07, 6.45) is 0. The average Bonchev–Trinajstić information content (AvgIpc) is 3.35. The molecule has 9 nitrogen and oxygen atoms in total. The van der Waals surface area contributed by atoms with E-state index in [9.17, 15) is 4.79 Å². The van der Waals surface area contributed by atoms with Crippen LogP contribution in [-0.2, 0) is 0 Å². The van der Waals surface area contributed by atoms with Crippen molar-refractivity contribution in [3.63, 3.8) is 0 Å². The molecule has 1 amide bonds. The van der Waals surface area contributed by atoms with Crippen LogP contribution in [0.2, 0.25) is 0 Å². The summed E-state index contributed by atoms with van der Waals surface area (Å²) in [5.41, 5.74) is 2.19. The van der Waals surface area contributed by atoms with Crippen LogP contribution in [0.1, 0.15) is 16.2 Å². The van der Waals surface area contributed by atoms with Crippen LogP contribution in [0.15, 0.2) is 42.5 Å². The van der Waals surface area contributed by atoms with Crippen molar-refractivity contribution in [1.29, 1.82) is 0 Å². The Morgan fingerprint density at radius 2 is 1.45 bits per heavy atom. The Morgan fingerprint density at radius 3 is 2.17 bits per heavy atom. The highest BCUT2D eigenvalue weighted by atomic mass is 16.7. The molecule has 0 spiro atoms. The highest BCUT2D eigenvalue weighted by molar-refractivity contribution is 6.03. The average molecular weight is 392 g/mol. The van der Waals surface area contributed by atoms with Crippen molar-refractivity contribution in [3.05, 3.63) is 53.9 Å². The number of amides is 1. The quantitative estimate of drug-likeness (QED) is 0.697. The van der Waals surface area contributed by atoms with Crippen molar-refractivity contribution in [2.45, 2.75) is 6.92 Å². The van der Waals surface area contributed by atoms with Gasteiger partial charge in [0.15, 0.2) is 23.0 Å². The van der Waals surface area contributed by atoms with Gasteiger partial charge >= 0.3 is 0 Å². The molecule has 3 heterocycles. The zero-order valence-corrected chi connectivity index (χ0v) is 15.4. The number of nitrogens with one attached hydrogen (secondary N) is 2. The van der Waals surface area contributed by atoms with Crippen molar-refractivity contribution in [1.82, 2.24) is 9.97 Å². The van der Waals surface area contributed by atoms with Gasteiger partial charge in [0, 0.05) is 29.2 Å². The lowest BCUT2D eigenvalue weighted by Gasteiger charge is -2.10. The number of fused-ring (bicyclic) bond motifs is 2. The molecule has 0 unspecified atom stereocenters. The first-order valence-electron chi connectivity index (χ1n) is 8.87. The van der Waals surface area contributed by atoms with Crippen LogP contribution in [0, 0.1) is 6.92 Å². The van der Waals surface area contributed by atoms with Gasteiger partial charge in [-0.2, -0.15) is 0 Å². The molecule has 2 aliphatic heterocycles. The summed E-state index contributed by atoms with van der Waals surface area (Å²) in [6, 6.07) is 12.2. The number of hydrogen-bond acceptors (Lipinski definition) is 8. The van der Waals surface area contributed by atoms with Crippen LogP contribution < -0.4 is 29.6 Å². The second-order valence-electron chi connectivity index (χ2n) is 6.43. The van der Waals surface area contributed by atoms with E-state index in [1.807, 2.05) is 6.07 Å². The molecule has 2 aliphatic rings. The second kappa shape index (κ2) is 6.86. The van der Waals surface area contributed by atoms with Crippen LogP contribution >= 0.6 is 0 Å². The molecule has 5 rings (SSSR count). The third-order valence-electron chi connectivity index (χ3n) is 4.35. The Kier molecular flexibility index (Phi) is 4.05. The molecule has 2 N–H and O–H groups in total. The normalized spacial score (nSPS) is 13.3. The van der Waals surface area contributed by atoms with E-state index < -0.39 is 0 Å². The summed E-state index contributed by atoms with van der Waals surface area (Å²) in [7, 11) is 0. The number of aryl methyl sites for hydroxylation is 1. The second-order valence-corrected chi connectivity index (χ2v) is 6.43. The predicted molar refractivity (Wildman–Crippen MR) is 103 cm³/mol. The minimum absolute atomic E-state index is 0.173. The van der Waals surface area contributed by atoms with Crippen molar-refractivity contribution < 1.29 is 23.7 Å². The van der Waals surface area contributed by atoms with Gasteiger partial charge in [0.1, 0.15) is 5.69 Å². The maximum absolute atomic E-state index is 12.7. The minimum Gasteiger partial charge on any atom is -0.454 e. The van der Waals surface area contributed by atoms with E-state index in [2.05, 4.69) is 20.6 Å². The smallest absolute Gasteiger partial charge is 0.274 e. The Balaban J connectivity index is 1.35. The van der Waals surface area contributed by atoms with E-state index in [1.165, 1.54) is 0 Å². The van der Waals surface area contributed by atoms with Gasteiger partial charge in [0.2, 0.25) is 19.5 Å². The molecular formula is C20H16N4O5. The van der Waals surface area contributed by atoms with Crippen LogP contribution in [0.4, 0.5) is 17.3 Å². The number of carbonyl (C=O) groups excluding carboxylic acids is 1. The van der Waals surface area contributed by atoms with Gasteiger partial charge in [0.05, 0.1) is 0 Å². The van der Waals surface area contributed by atoms with Gasteiger partial charge in [-0.3, -0.25) is 4.79 Å². The van der Waals surface area contributed by atoms with Crippen LogP contribution in [-0.4, -0.2) is 29.5 Å². The number of rotatable bonds is 4. The molecule has 0 saturated heterocycles. The molecule has 0 bridgehead atoms. The van der Waals surface area contributed by atoms with Crippen LogP contribution in [0.25, 0.3) is 0 Å². The van der Waals surface area contributed by atoms with Crippen molar-refractivity contribution >= 4 is 23.2 Å². The summed E-state index contributed by atoms with van der Waals surface area (Å²) in [5.74, 6) is 2.51. The van der Waals surface area contributed by atoms with E-state index in [4.69, 9.17) is 18.9 Å². The van der Waals surface area contributed by atoms with E-state index in [-0.39, 0.29) is 25.2 Å². The highest BCUT2D eigenvalue weighted by Crippen LogP contribution is 2.35. The number of benzene rings is 2. The van der Waals surface area contributed by atoms with E-state index in [1.54, 1.807) is 43.3 Å². The lowest BCUT2D eigenvalue weighted by atomic mass is 10.2. The van der Waals surface area contributed by atoms with E-state index >= 15 is 0 Å². The number of anilines is 3. The monoisotopic (exact) mass is 392 g/mol. The third-order valence-corrected chi connectivity index (χ3v) is 4.35. The molecule has 1 aromatic heterocycles. The van der Waals surface area contributed by atoms with Crippen molar-refractivity contribution in [2.75, 3.05) is 24.2 Å². The minimum atomic E-state index is -0.358. The molecular weight excluding hydrogens is 376 g/mol. The highest BCUT2D eigenvalue weighted by Gasteiger charge is 2.17. The van der Waals surface area contributed by atoms with Gasteiger partial charge in [-0.1, -0.05) is 0 Å². The zero-order valence-electron chi connectivity index (χ0n) is 15.4. The summed E-state index contributed by atoms with van der Waals surface area (Å²) >= 11 is 0. The molecule has 9 heteroatoms. The number of aromatic nitrogens is 2. The zero-order chi connectivity index (χ0) is 19.8. The first kappa shape index (κ1) is 17.1. The molecule has 146 valence electrons. The van der Waals surface area contributed by atoms with Gasteiger partial charge < -0.3 is 29.6 Å². The van der Waals surface area contributed by atoms with Gasteiger partial charge in [-0.25, -0.2) is 9.97 Å². The summed E-state index contributed by atoms with van der Waals surface area (Å²) in [5, 5.41) is 5.90. The number of nitrogens with zero attached hydrogens (tertiary/aromatic N) is 2. The van der Waals surface area contributed by atoms with Gasteiger partial charge in [-0.05, 0) is 37.3 Å². The molecule has 0 saturated carbocycles. The standard InChI is InChI=1S/C20H16N4O5/c1-11-6-14(19(25)22-12-2-4-15-17(7-12)28-9-26-15)24-20(21-11)23-13-3-5-16-18(8-13)29-10-27-16/h2-8H,9-10H2,1H3,(H,22,25)(H,21,23,24).